The molecule has 6 heteroatoms. The number of hydrogen-bond donors (Lipinski definition) is 1. The third-order valence-corrected chi connectivity index (χ3v) is 4.71. The first kappa shape index (κ1) is 15.4. The second-order valence-electron chi connectivity index (χ2n) is 5.42. The molecule has 0 aliphatic rings. The van der Waals surface area contributed by atoms with Crippen LogP contribution in [0.2, 0.25) is 0 Å². The van der Waals surface area contributed by atoms with Crippen LogP contribution in [0.5, 0.6) is 0 Å². The zero-order valence-electron chi connectivity index (χ0n) is 12.9. The lowest BCUT2D eigenvalue weighted by Gasteiger charge is -2.10. The maximum Gasteiger partial charge on any atom is 0.271 e. The molecule has 0 radical (unpaired) electrons. The summed E-state index contributed by atoms with van der Waals surface area (Å²) in [5, 5.41) is 4.51. The molecular weight excluding hydrogens is 310 g/mol. The van der Waals surface area contributed by atoms with Crippen LogP contribution < -0.4 is 10.9 Å². The fourth-order valence-electron chi connectivity index (χ4n) is 2.31. The molecule has 0 bridgehead atoms. The number of nitrogens with one attached hydrogen (secondary N) is 1. The first-order valence-electron chi connectivity index (χ1n) is 7.46. The Morgan fingerprint density at radius 2 is 2.09 bits per heavy atom. The monoisotopic (exact) mass is 327 g/mol. The van der Waals surface area contributed by atoms with Crippen LogP contribution in [-0.4, -0.2) is 15.3 Å². The molecule has 0 spiro atoms. The maximum absolute atomic E-state index is 12.3. The Hall–Kier alpha value is -2.47. The van der Waals surface area contributed by atoms with Gasteiger partial charge in [-0.2, -0.15) is 0 Å². The van der Waals surface area contributed by atoms with Gasteiger partial charge in [0.05, 0.1) is 0 Å². The number of carbonyl (C=O) groups is 1. The summed E-state index contributed by atoms with van der Waals surface area (Å²) in [6.07, 6.45) is 4.01. The van der Waals surface area contributed by atoms with E-state index in [0.29, 0.717) is 16.6 Å². The van der Waals surface area contributed by atoms with E-state index in [-0.39, 0.29) is 11.1 Å². The lowest BCUT2D eigenvalue weighted by atomic mass is 9.99. The first-order valence-corrected chi connectivity index (χ1v) is 8.34. The molecule has 0 unspecified atom stereocenters. The van der Waals surface area contributed by atoms with E-state index in [0.717, 1.165) is 6.42 Å². The minimum Gasteiger partial charge on any atom is -0.322 e. The second-order valence-corrected chi connectivity index (χ2v) is 6.29. The third kappa shape index (κ3) is 3.03. The minimum atomic E-state index is -0.445. The summed E-state index contributed by atoms with van der Waals surface area (Å²) in [4.78, 5) is 29.3. The minimum absolute atomic E-state index is 0.0342. The van der Waals surface area contributed by atoms with E-state index in [1.165, 1.54) is 27.5 Å². The molecule has 1 aromatic carbocycles. The van der Waals surface area contributed by atoms with Crippen LogP contribution in [-0.2, 0) is 0 Å². The number of hydrogen-bond acceptors (Lipinski definition) is 4. The zero-order valence-corrected chi connectivity index (χ0v) is 13.8. The van der Waals surface area contributed by atoms with Crippen LogP contribution in [0, 0.1) is 0 Å². The average Bonchev–Trinajstić information content (AvgIpc) is 3.04. The summed E-state index contributed by atoms with van der Waals surface area (Å²) in [5.41, 5.74) is 1.57. The van der Waals surface area contributed by atoms with Crippen LogP contribution in [0.1, 0.15) is 42.1 Å². The maximum atomic E-state index is 12.3. The van der Waals surface area contributed by atoms with Crippen molar-refractivity contribution in [2.45, 2.75) is 26.2 Å². The highest BCUT2D eigenvalue weighted by Gasteiger charge is 2.14. The number of benzene rings is 1. The lowest BCUT2D eigenvalue weighted by Crippen LogP contribution is -2.25. The molecular formula is C17H17N3O2S. The van der Waals surface area contributed by atoms with Crippen LogP contribution in [0.15, 0.2) is 46.8 Å². The number of aromatic nitrogens is 2. The smallest absolute Gasteiger partial charge is 0.271 e. The molecule has 1 atom stereocenters. The van der Waals surface area contributed by atoms with Crippen LogP contribution in [0.4, 0.5) is 5.69 Å². The van der Waals surface area contributed by atoms with E-state index >= 15 is 0 Å². The second kappa shape index (κ2) is 6.34. The van der Waals surface area contributed by atoms with Crippen molar-refractivity contribution in [1.82, 2.24) is 9.38 Å². The highest BCUT2D eigenvalue weighted by atomic mass is 32.1. The summed E-state index contributed by atoms with van der Waals surface area (Å²) < 4.78 is 1.38. The molecule has 3 aromatic rings. The molecule has 1 amide bonds. The van der Waals surface area contributed by atoms with E-state index in [1.54, 1.807) is 11.6 Å². The number of amides is 1. The van der Waals surface area contributed by atoms with Crippen molar-refractivity contribution in [1.29, 1.82) is 0 Å². The molecule has 0 saturated heterocycles. The van der Waals surface area contributed by atoms with E-state index in [1.807, 2.05) is 24.3 Å². The van der Waals surface area contributed by atoms with Crippen molar-refractivity contribution in [2.75, 3.05) is 5.32 Å². The molecule has 1 N–H and O–H groups in total. The van der Waals surface area contributed by atoms with E-state index in [9.17, 15) is 9.59 Å². The van der Waals surface area contributed by atoms with Gasteiger partial charge < -0.3 is 5.32 Å². The molecule has 2 heterocycles. The topological polar surface area (TPSA) is 63.5 Å². The average molecular weight is 327 g/mol. The van der Waals surface area contributed by atoms with Gasteiger partial charge in [0.2, 0.25) is 0 Å². The predicted octanol–water partition coefficient (Wildman–Crippen LogP) is 3.52. The summed E-state index contributed by atoms with van der Waals surface area (Å²) in [6.45, 7) is 4.30. The van der Waals surface area contributed by atoms with Gasteiger partial charge in [0.1, 0.15) is 5.56 Å². The Morgan fingerprint density at radius 3 is 2.78 bits per heavy atom. The summed E-state index contributed by atoms with van der Waals surface area (Å²) in [6, 6.07) is 7.70. The largest absolute Gasteiger partial charge is 0.322 e. The summed E-state index contributed by atoms with van der Waals surface area (Å²) >= 11 is 1.35. The number of nitrogens with zero attached hydrogens (tertiary/aromatic N) is 2. The molecule has 5 nitrogen and oxygen atoms in total. The van der Waals surface area contributed by atoms with Gasteiger partial charge in [-0.1, -0.05) is 26.0 Å². The SMILES string of the molecule is CC[C@@H](C)c1ccc(NC(=O)c2cnc3sccn3c2=O)cc1. The van der Waals surface area contributed by atoms with Gasteiger partial charge in [0, 0.05) is 23.5 Å². The molecule has 3 rings (SSSR count). The van der Waals surface area contributed by atoms with Gasteiger partial charge in [-0.15, -0.1) is 11.3 Å². The fourth-order valence-corrected chi connectivity index (χ4v) is 2.98. The number of fused-ring (bicyclic) bond motifs is 1. The highest BCUT2D eigenvalue weighted by molar-refractivity contribution is 7.15. The number of rotatable bonds is 4. The quantitative estimate of drug-likeness (QED) is 0.797. The van der Waals surface area contributed by atoms with E-state index in [4.69, 9.17) is 0 Å². The van der Waals surface area contributed by atoms with E-state index < -0.39 is 5.91 Å². The Kier molecular flexibility index (Phi) is 4.25. The van der Waals surface area contributed by atoms with Gasteiger partial charge >= 0.3 is 0 Å². The standard InChI is InChI=1S/C17H17N3O2S/c1-3-11(2)12-4-6-13(7-5-12)19-15(21)14-10-18-17-20(16(14)22)8-9-23-17/h4-11H,3H2,1-2H3,(H,19,21)/t11-/m1/s1. The van der Waals surface area contributed by atoms with Crippen molar-refractivity contribution < 1.29 is 4.79 Å². The van der Waals surface area contributed by atoms with Crippen LogP contribution in [0.25, 0.3) is 4.96 Å². The third-order valence-electron chi connectivity index (χ3n) is 3.94. The molecule has 2 aromatic heterocycles. The van der Waals surface area contributed by atoms with Crippen molar-refractivity contribution in [3.8, 4) is 0 Å². The number of thiazole rings is 1. The Balaban J connectivity index is 1.83. The number of anilines is 1. The lowest BCUT2D eigenvalue weighted by molar-refractivity contribution is 0.102. The Labute approximate surface area is 137 Å². The molecule has 0 aliphatic heterocycles. The first-order chi connectivity index (χ1) is 11.1. The van der Waals surface area contributed by atoms with Crippen molar-refractivity contribution in [3.63, 3.8) is 0 Å². The molecule has 118 valence electrons. The summed E-state index contributed by atoms with van der Waals surface area (Å²) in [7, 11) is 0. The van der Waals surface area contributed by atoms with Crippen molar-refractivity contribution in [2.24, 2.45) is 0 Å². The number of carbonyl (C=O) groups excluding carboxylic acids is 1. The Morgan fingerprint density at radius 1 is 1.35 bits per heavy atom. The van der Waals surface area contributed by atoms with Gasteiger partial charge in [0.25, 0.3) is 11.5 Å². The van der Waals surface area contributed by atoms with Crippen molar-refractivity contribution >= 4 is 27.9 Å². The van der Waals surface area contributed by atoms with Gasteiger partial charge in [0.15, 0.2) is 4.96 Å². The molecule has 0 aliphatic carbocycles. The van der Waals surface area contributed by atoms with Gasteiger partial charge in [-0.05, 0) is 30.0 Å². The van der Waals surface area contributed by atoms with Gasteiger partial charge in [-0.3, -0.25) is 14.0 Å². The summed E-state index contributed by atoms with van der Waals surface area (Å²) in [5.74, 6) is 0.0361. The predicted molar refractivity (Wildman–Crippen MR) is 92.4 cm³/mol. The van der Waals surface area contributed by atoms with Gasteiger partial charge in [-0.25, -0.2) is 4.98 Å². The van der Waals surface area contributed by atoms with E-state index in [2.05, 4.69) is 24.1 Å². The molecule has 0 saturated carbocycles. The van der Waals surface area contributed by atoms with Crippen molar-refractivity contribution in [3.05, 3.63) is 63.5 Å². The zero-order chi connectivity index (χ0) is 16.4. The van der Waals surface area contributed by atoms with Crippen LogP contribution in [0.3, 0.4) is 0 Å². The normalized spacial score (nSPS) is 12.3. The molecule has 23 heavy (non-hydrogen) atoms. The molecule has 0 fully saturated rings. The highest BCUT2D eigenvalue weighted by Crippen LogP contribution is 2.20. The fraction of sp³-hybridized carbons (Fsp3) is 0.235. The van der Waals surface area contributed by atoms with Crippen LogP contribution >= 0.6 is 11.3 Å². The Bertz CT molecular complexity index is 896.